The first-order chi connectivity index (χ1) is 11.7. The van der Waals surface area contributed by atoms with E-state index < -0.39 is 10.8 Å². The summed E-state index contributed by atoms with van der Waals surface area (Å²) in [6.45, 7) is 0.479. The molecule has 0 saturated heterocycles. The first-order valence-corrected chi connectivity index (χ1v) is 9.26. The summed E-state index contributed by atoms with van der Waals surface area (Å²) in [5.41, 5.74) is 1.05. The largest absolute Gasteiger partial charge is 0.500 e. The second-order valence-electron chi connectivity index (χ2n) is 5.40. The quantitative estimate of drug-likeness (QED) is 0.610. The molecular weight excluding hydrogens is 324 g/mol. The van der Waals surface area contributed by atoms with Crippen LogP contribution in [0.15, 0.2) is 69.4 Å². The normalized spacial score (nSPS) is 13.4. The molecule has 2 rings (SSSR count). The third-order valence-electron chi connectivity index (χ3n) is 3.71. The van der Waals surface area contributed by atoms with Crippen LogP contribution in [-0.4, -0.2) is 30.8 Å². The summed E-state index contributed by atoms with van der Waals surface area (Å²) in [5.74, 6) is 2.08. The van der Waals surface area contributed by atoms with Gasteiger partial charge in [0.1, 0.15) is 11.5 Å². The molecular formula is C19H24O4S. The van der Waals surface area contributed by atoms with Gasteiger partial charge in [0, 0.05) is 18.4 Å². The lowest BCUT2D eigenvalue weighted by atomic mass is 10.1. The number of hydrogen-bond acceptors (Lipinski definition) is 4. The third kappa shape index (κ3) is 5.65. The molecule has 0 amide bonds. The maximum atomic E-state index is 12.5. The standard InChI is InChI=1S/C19H24O4S/c1-21-14-16(8-6-9-17-10-7-13-23-17)19(22-2)15-24(20)18-11-4-3-5-12-18/h3-5,7,10-13H,6,8-9,14-15H2,1-2H3/b19-16+. The van der Waals surface area contributed by atoms with Gasteiger partial charge in [-0.25, -0.2) is 0 Å². The number of benzene rings is 1. The molecule has 0 radical (unpaired) electrons. The highest BCUT2D eigenvalue weighted by molar-refractivity contribution is 7.85. The van der Waals surface area contributed by atoms with Crippen molar-refractivity contribution in [3.05, 3.63) is 65.8 Å². The van der Waals surface area contributed by atoms with E-state index in [0.717, 1.165) is 41.3 Å². The summed E-state index contributed by atoms with van der Waals surface area (Å²) >= 11 is 0. The fourth-order valence-corrected chi connectivity index (χ4v) is 3.66. The molecule has 0 N–H and O–H groups in total. The van der Waals surface area contributed by atoms with Crippen LogP contribution in [0.3, 0.4) is 0 Å². The lowest BCUT2D eigenvalue weighted by molar-refractivity contribution is 0.209. The van der Waals surface area contributed by atoms with E-state index in [4.69, 9.17) is 13.9 Å². The summed E-state index contributed by atoms with van der Waals surface area (Å²) in [4.78, 5) is 0.805. The molecule has 1 aromatic heterocycles. The predicted molar refractivity (Wildman–Crippen MR) is 95.3 cm³/mol. The van der Waals surface area contributed by atoms with Crippen LogP contribution >= 0.6 is 0 Å². The smallest absolute Gasteiger partial charge is 0.110 e. The average Bonchev–Trinajstić information content (AvgIpc) is 3.13. The van der Waals surface area contributed by atoms with Gasteiger partial charge in [-0.1, -0.05) is 18.2 Å². The van der Waals surface area contributed by atoms with Crippen molar-refractivity contribution in [2.45, 2.75) is 24.2 Å². The molecule has 4 nitrogen and oxygen atoms in total. The molecule has 0 aliphatic heterocycles. The van der Waals surface area contributed by atoms with Gasteiger partial charge in [0.05, 0.1) is 36.5 Å². The third-order valence-corrected chi connectivity index (χ3v) is 5.03. The number of ether oxygens (including phenoxy) is 2. The molecule has 0 aliphatic rings. The molecule has 0 spiro atoms. The Hall–Kier alpha value is -1.85. The van der Waals surface area contributed by atoms with Crippen molar-refractivity contribution in [3.8, 4) is 0 Å². The minimum Gasteiger partial charge on any atom is -0.500 e. The molecule has 1 heterocycles. The van der Waals surface area contributed by atoms with Crippen LogP contribution in [0.1, 0.15) is 18.6 Å². The molecule has 0 aliphatic carbocycles. The Morgan fingerprint density at radius 3 is 2.54 bits per heavy atom. The fraction of sp³-hybridized carbons (Fsp3) is 0.368. The highest BCUT2D eigenvalue weighted by Gasteiger charge is 2.13. The van der Waals surface area contributed by atoms with E-state index in [1.165, 1.54) is 0 Å². The van der Waals surface area contributed by atoms with Gasteiger partial charge < -0.3 is 13.9 Å². The van der Waals surface area contributed by atoms with Gasteiger partial charge in [-0.15, -0.1) is 0 Å². The van der Waals surface area contributed by atoms with Crippen LogP contribution in [0.5, 0.6) is 0 Å². The van der Waals surface area contributed by atoms with Crippen LogP contribution in [0.4, 0.5) is 0 Å². The van der Waals surface area contributed by atoms with E-state index in [2.05, 4.69) is 0 Å². The van der Waals surface area contributed by atoms with Gasteiger partial charge in [-0.05, 0) is 42.7 Å². The van der Waals surface area contributed by atoms with E-state index >= 15 is 0 Å². The highest BCUT2D eigenvalue weighted by atomic mass is 32.2. The molecule has 1 atom stereocenters. The lowest BCUT2D eigenvalue weighted by Gasteiger charge is -2.14. The first-order valence-electron chi connectivity index (χ1n) is 7.94. The minimum atomic E-state index is -1.13. The number of methoxy groups -OCH3 is 2. The zero-order valence-corrected chi connectivity index (χ0v) is 15.0. The fourth-order valence-electron chi connectivity index (χ4n) is 2.48. The van der Waals surface area contributed by atoms with Crippen LogP contribution in [0.2, 0.25) is 0 Å². The van der Waals surface area contributed by atoms with Gasteiger partial charge in [0.15, 0.2) is 0 Å². The van der Waals surface area contributed by atoms with Crippen molar-refractivity contribution < 1.29 is 18.1 Å². The Labute approximate surface area is 145 Å². The second kappa shape index (κ2) is 10.1. The van der Waals surface area contributed by atoms with Gasteiger partial charge in [-0.3, -0.25) is 4.21 Å². The van der Waals surface area contributed by atoms with Crippen molar-refractivity contribution in [2.24, 2.45) is 0 Å². The van der Waals surface area contributed by atoms with Crippen molar-refractivity contribution >= 4 is 10.8 Å². The average molecular weight is 348 g/mol. The summed E-state index contributed by atoms with van der Waals surface area (Å²) in [6, 6.07) is 13.3. The molecule has 0 fully saturated rings. The molecule has 2 aromatic rings. The summed E-state index contributed by atoms with van der Waals surface area (Å²) in [5, 5.41) is 0. The lowest BCUT2D eigenvalue weighted by Crippen LogP contribution is -2.09. The Kier molecular flexibility index (Phi) is 7.79. The molecule has 130 valence electrons. The number of rotatable bonds is 10. The van der Waals surface area contributed by atoms with Gasteiger partial charge in [0.25, 0.3) is 0 Å². The highest BCUT2D eigenvalue weighted by Crippen LogP contribution is 2.18. The maximum absolute atomic E-state index is 12.5. The Morgan fingerprint density at radius 2 is 1.92 bits per heavy atom. The summed E-state index contributed by atoms with van der Waals surface area (Å²) in [7, 11) is 2.16. The SMILES string of the molecule is COC/C(CCCc1ccco1)=C(\CS(=O)c1ccccc1)OC. The minimum absolute atomic E-state index is 0.361. The van der Waals surface area contributed by atoms with Crippen LogP contribution in [0, 0.1) is 0 Å². The van der Waals surface area contributed by atoms with E-state index in [9.17, 15) is 4.21 Å². The number of furan rings is 1. The van der Waals surface area contributed by atoms with Crippen molar-refractivity contribution in [1.82, 2.24) is 0 Å². The van der Waals surface area contributed by atoms with E-state index in [1.54, 1.807) is 20.5 Å². The van der Waals surface area contributed by atoms with E-state index in [1.807, 2.05) is 42.5 Å². The Bertz CT molecular complexity index is 647. The first kappa shape index (κ1) is 18.5. The van der Waals surface area contributed by atoms with Crippen LogP contribution < -0.4 is 0 Å². The molecule has 1 unspecified atom stereocenters. The summed E-state index contributed by atoms with van der Waals surface area (Å²) < 4.78 is 28.7. The summed E-state index contributed by atoms with van der Waals surface area (Å²) in [6.07, 6.45) is 4.30. The van der Waals surface area contributed by atoms with Crippen molar-refractivity contribution in [1.29, 1.82) is 0 Å². The Morgan fingerprint density at radius 1 is 1.12 bits per heavy atom. The van der Waals surface area contributed by atoms with Crippen molar-refractivity contribution in [3.63, 3.8) is 0 Å². The maximum Gasteiger partial charge on any atom is 0.110 e. The molecule has 5 heteroatoms. The molecule has 24 heavy (non-hydrogen) atoms. The Balaban J connectivity index is 2.02. The molecule has 0 bridgehead atoms. The molecule has 1 aromatic carbocycles. The monoisotopic (exact) mass is 348 g/mol. The zero-order valence-electron chi connectivity index (χ0n) is 14.2. The number of hydrogen-bond donors (Lipinski definition) is 0. The van der Waals surface area contributed by atoms with E-state index in [-0.39, 0.29) is 0 Å². The van der Waals surface area contributed by atoms with E-state index in [0.29, 0.717) is 12.4 Å². The van der Waals surface area contributed by atoms with Gasteiger partial charge >= 0.3 is 0 Å². The number of aryl methyl sites for hydroxylation is 1. The van der Waals surface area contributed by atoms with Gasteiger partial charge in [-0.2, -0.15) is 0 Å². The zero-order chi connectivity index (χ0) is 17.2. The topological polar surface area (TPSA) is 48.7 Å². The van der Waals surface area contributed by atoms with Gasteiger partial charge in [0.2, 0.25) is 0 Å². The second-order valence-corrected chi connectivity index (χ2v) is 6.85. The molecule has 0 saturated carbocycles. The van der Waals surface area contributed by atoms with Crippen molar-refractivity contribution in [2.75, 3.05) is 26.6 Å². The predicted octanol–water partition coefficient (Wildman–Crippen LogP) is 3.96. The van der Waals surface area contributed by atoms with Crippen LogP contribution in [-0.2, 0) is 26.7 Å². The van der Waals surface area contributed by atoms with Crippen LogP contribution in [0.25, 0.3) is 0 Å².